The van der Waals surface area contributed by atoms with Crippen LogP contribution in [0.4, 0.5) is 0 Å². The molecule has 19 heavy (non-hydrogen) atoms. The molecule has 1 amide bonds. The zero-order chi connectivity index (χ0) is 14.0. The second-order valence-corrected chi connectivity index (χ2v) is 5.86. The fourth-order valence-corrected chi connectivity index (χ4v) is 2.53. The molecule has 1 saturated heterocycles. The van der Waals surface area contributed by atoms with Crippen LogP contribution in [0.15, 0.2) is 18.2 Å². The van der Waals surface area contributed by atoms with Gasteiger partial charge in [-0.05, 0) is 42.9 Å². The highest BCUT2D eigenvalue weighted by Gasteiger charge is 2.26. The minimum absolute atomic E-state index is 0.123. The number of hydrogen-bond acceptors (Lipinski definition) is 2. The van der Waals surface area contributed by atoms with E-state index >= 15 is 0 Å². The lowest BCUT2D eigenvalue weighted by atomic mass is 9.94. The lowest BCUT2D eigenvalue weighted by molar-refractivity contribution is -0.132. The van der Waals surface area contributed by atoms with Crippen molar-refractivity contribution in [2.75, 3.05) is 13.1 Å². The molecule has 0 aromatic heterocycles. The fraction of sp³-hybridized carbons (Fsp3) is 0.562. The number of nitrogens with zero attached hydrogens (tertiary/aromatic N) is 1. The summed E-state index contributed by atoms with van der Waals surface area (Å²) in [6, 6.07) is 6.37. The van der Waals surface area contributed by atoms with Gasteiger partial charge in [0, 0.05) is 19.1 Å². The van der Waals surface area contributed by atoms with Crippen LogP contribution in [0, 0.1) is 19.8 Å². The third kappa shape index (κ3) is 3.35. The second kappa shape index (κ2) is 5.74. The maximum absolute atomic E-state index is 12.3. The van der Waals surface area contributed by atoms with Crippen molar-refractivity contribution in [2.45, 2.75) is 39.7 Å². The van der Waals surface area contributed by atoms with Crippen molar-refractivity contribution in [2.24, 2.45) is 11.7 Å². The number of rotatable bonds is 2. The molecule has 2 unspecified atom stereocenters. The predicted octanol–water partition coefficient (Wildman–Crippen LogP) is 2.04. The van der Waals surface area contributed by atoms with Crippen molar-refractivity contribution >= 4 is 5.91 Å². The van der Waals surface area contributed by atoms with Gasteiger partial charge in [-0.2, -0.15) is 0 Å². The van der Waals surface area contributed by atoms with Crippen molar-refractivity contribution in [3.63, 3.8) is 0 Å². The molecular weight excluding hydrogens is 236 g/mol. The van der Waals surface area contributed by atoms with E-state index in [1.54, 1.807) is 0 Å². The summed E-state index contributed by atoms with van der Waals surface area (Å²) in [5.41, 5.74) is 9.66. The number of piperidine rings is 1. The molecule has 0 bridgehead atoms. The van der Waals surface area contributed by atoms with Crippen LogP contribution in [0.1, 0.15) is 30.0 Å². The van der Waals surface area contributed by atoms with Gasteiger partial charge in [0.2, 0.25) is 5.91 Å². The molecule has 0 spiro atoms. The number of carbonyl (C=O) groups is 1. The minimum atomic E-state index is 0.123. The Morgan fingerprint density at radius 3 is 2.74 bits per heavy atom. The molecule has 1 heterocycles. The van der Waals surface area contributed by atoms with Crippen LogP contribution in [-0.4, -0.2) is 29.9 Å². The van der Waals surface area contributed by atoms with Crippen molar-refractivity contribution < 1.29 is 4.79 Å². The first-order chi connectivity index (χ1) is 8.97. The van der Waals surface area contributed by atoms with E-state index in [4.69, 9.17) is 5.73 Å². The van der Waals surface area contributed by atoms with Gasteiger partial charge in [0.25, 0.3) is 0 Å². The van der Waals surface area contributed by atoms with Crippen LogP contribution in [-0.2, 0) is 11.2 Å². The standard InChI is InChI=1S/C16H24N2O/c1-11-4-5-14(8-13(11)3)9-16(19)18-7-6-12(2)15(17)10-18/h4-5,8,12,15H,6-7,9-10,17H2,1-3H3. The molecule has 2 atom stereocenters. The summed E-state index contributed by atoms with van der Waals surface area (Å²) < 4.78 is 0. The Morgan fingerprint density at radius 1 is 1.37 bits per heavy atom. The summed E-state index contributed by atoms with van der Waals surface area (Å²) in [5.74, 6) is 0.719. The fourth-order valence-electron chi connectivity index (χ4n) is 2.53. The molecule has 0 saturated carbocycles. The molecule has 1 aliphatic heterocycles. The Labute approximate surface area is 115 Å². The van der Waals surface area contributed by atoms with Crippen LogP contribution in [0.25, 0.3) is 0 Å². The molecular formula is C16H24N2O. The smallest absolute Gasteiger partial charge is 0.227 e. The van der Waals surface area contributed by atoms with Crippen LogP contribution in [0.5, 0.6) is 0 Å². The van der Waals surface area contributed by atoms with E-state index in [1.165, 1.54) is 11.1 Å². The van der Waals surface area contributed by atoms with Crippen LogP contribution in [0.2, 0.25) is 0 Å². The summed E-state index contributed by atoms with van der Waals surface area (Å²) in [5, 5.41) is 0. The molecule has 1 fully saturated rings. The second-order valence-electron chi connectivity index (χ2n) is 5.86. The van der Waals surface area contributed by atoms with Crippen molar-refractivity contribution in [3.8, 4) is 0 Å². The maximum atomic E-state index is 12.3. The highest BCUT2D eigenvalue weighted by atomic mass is 16.2. The van der Waals surface area contributed by atoms with Crippen molar-refractivity contribution in [1.29, 1.82) is 0 Å². The number of carbonyl (C=O) groups excluding carboxylic acids is 1. The predicted molar refractivity (Wildman–Crippen MR) is 78.0 cm³/mol. The highest BCUT2D eigenvalue weighted by molar-refractivity contribution is 5.79. The summed E-state index contributed by atoms with van der Waals surface area (Å²) in [4.78, 5) is 14.2. The lowest BCUT2D eigenvalue weighted by Crippen LogP contribution is -2.50. The molecule has 2 rings (SSSR count). The summed E-state index contributed by atoms with van der Waals surface area (Å²) in [6.45, 7) is 7.88. The Bertz CT molecular complexity index is 470. The molecule has 104 valence electrons. The number of hydrogen-bond donors (Lipinski definition) is 1. The summed E-state index contributed by atoms with van der Waals surface area (Å²) >= 11 is 0. The molecule has 0 radical (unpaired) electrons. The van der Waals surface area contributed by atoms with Crippen molar-refractivity contribution in [3.05, 3.63) is 34.9 Å². The minimum Gasteiger partial charge on any atom is -0.341 e. The Balaban J connectivity index is 1.99. The number of nitrogens with two attached hydrogens (primary N) is 1. The van der Waals surface area contributed by atoms with E-state index < -0.39 is 0 Å². The van der Waals surface area contributed by atoms with E-state index in [0.717, 1.165) is 18.5 Å². The maximum Gasteiger partial charge on any atom is 0.227 e. The molecule has 0 aliphatic carbocycles. The van der Waals surface area contributed by atoms with E-state index in [1.807, 2.05) is 11.0 Å². The number of likely N-dealkylation sites (tertiary alicyclic amines) is 1. The van der Waals surface area contributed by atoms with Gasteiger partial charge in [0.15, 0.2) is 0 Å². The third-order valence-electron chi connectivity index (χ3n) is 4.30. The largest absolute Gasteiger partial charge is 0.341 e. The van der Waals surface area contributed by atoms with Gasteiger partial charge in [0.1, 0.15) is 0 Å². The van der Waals surface area contributed by atoms with Crippen LogP contribution < -0.4 is 5.73 Å². The van der Waals surface area contributed by atoms with Gasteiger partial charge in [-0.25, -0.2) is 0 Å². The van der Waals surface area contributed by atoms with Crippen LogP contribution in [0.3, 0.4) is 0 Å². The molecule has 1 aliphatic rings. The van der Waals surface area contributed by atoms with Gasteiger partial charge in [-0.15, -0.1) is 0 Å². The van der Waals surface area contributed by atoms with Gasteiger partial charge in [-0.3, -0.25) is 4.79 Å². The normalized spacial score (nSPS) is 23.5. The van der Waals surface area contributed by atoms with Gasteiger partial charge < -0.3 is 10.6 Å². The Kier molecular flexibility index (Phi) is 4.25. The first kappa shape index (κ1) is 14.1. The van der Waals surface area contributed by atoms with Gasteiger partial charge in [-0.1, -0.05) is 25.1 Å². The topological polar surface area (TPSA) is 46.3 Å². The molecule has 2 N–H and O–H groups in total. The zero-order valence-corrected chi connectivity index (χ0v) is 12.1. The average molecular weight is 260 g/mol. The van der Waals surface area contributed by atoms with Gasteiger partial charge >= 0.3 is 0 Å². The third-order valence-corrected chi connectivity index (χ3v) is 4.30. The van der Waals surface area contributed by atoms with Gasteiger partial charge in [0.05, 0.1) is 6.42 Å². The molecule has 3 heteroatoms. The Hall–Kier alpha value is -1.35. The Morgan fingerprint density at radius 2 is 2.11 bits per heavy atom. The monoisotopic (exact) mass is 260 g/mol. The highest BCUT2D eigenvalue weighted by Crippen LogP contribution is 2.17. The zero-order valence-electron chi connectivity index (χ0n) is 12.1. The van der Waals surface area contributed by atoms with Crippen molar-refractivity contribution in [1.82, 2.24) is 4.90 Å². The van der Waals surface area contributed by atoms with E-state index in [9.17, 15) is 4.79 Å². The summed E-state index contributed by atoms with van der Waals surface area (Å²) in [6.07, 6.45) is 1.50. The quantitative estimate of drug-likeness (QED) is 0.884. The SMILES string of the molecule is Cc1ccc(CC(=O)N2CCC(C)C(N)C2)cc1C. The number of amides is 1. The number of aryl methyl sites for hydroxylation is 2. The summed E-state index contributed by atoms with van der Waals surface area (Å²) in [7, 11) is 0. The molecule has 1 aromatic carbocycles. The lowest BCUT2D eigenvalue weighted by Gasteiger charge is -2.35. The van der Waals surface area contributed by atoms with Crippen LogP contribution >= 0.6 is 0 Å². The average Bonchev–Trinajstić information content (AvgIpc) is 2.37. The first-order valence-electron chi connectivity index (χ1n) is 7.07. The number of benzene rings is 1. The molecule has 3 nitrogen and oxygen atoms in total. The first-order valence-corrected chi connectivity index (χ1v) is 7.07. The van der Waals surface area contributed by atoms with E-state index in [-0.39, 0.29) is 11.9 Å². The van der Waals surface area contributed by atoms with E-state index in [2.05, 4.69) is 32.9 Å². The van der Waals surface area contributed by atoms with E-state index in [0.29, 0.717) is 18.9 Å². The molecule has 1 aromatic rings.